The number of rotatable bonds is 1. The van der Waals surface area contributed by atoms with Crippen LogP contribution >= 0.6 is 12.6 Å². The SMILES string of the molecule is NC(=O)c1ccc([S])c(O)c1. The van der Waals surface area contributed by atoms with Crippen LogP contribution in [0.1, 0.15) is 10.4 Å². The molecule has 57 valence electrons. The van der Waals surface area contributed by atoms with Gasteiger partial charge in [0.15, 0.2) is 0 Å². The maximum Gasteiger partial charge on any atom is 0.248 e. The molecule has 1 radical (unpaired) electrons. The summed E-state index contributed by atoms with van der Waals surface area (Å²) >= 11 is 4.70. The van der Waals surface area contributed by atoms with Crippen molar-refractivity contribution in [3.63, 3.8) is 0 Å². The molecule has 0 atom stereocenters. The Morgan fingerprint density at radius 3 is 2.64 bits per heavy atom. The van der Waals surface area contributed by atoms with Crippen LogP contribution in [0, 0.1) is 0 Å². The molecule has 1 rings (SSSR count). The van der Waals surface area contributed by atoms with Gasteiger partial charge in [-0.15, -0.1) is 0 Å². The van der Waals surface area contributed by atoms with E-state index in [0.29, 0.717) is 4.90 Å². The normalized spacial score (nSPS) is 9.45. The predicted molar refractivity (Wildman–Crippen MR) is 42.5 cm³/mol. The average molecular weight is 168 g/mol. The van der Waals surface area contributed by atoms with Gasteiger partial charge in [0.1, 0.15) is 5.75 Å². The number of phenolic OH excluding ortho intramolecular Hbond substituents is 1. The van der Waals surface area contributed by atoms with E-state index in [1.807, 2.05) is 0 Å². The van der Waals surface area contributed by atoms with Crippen molar-refractivity contribution in [3.05, 3.63) is 23.8 Å². The Hall–Kier alpha value is -1.29. The molecule has 0 bridgehead atoms. The molecular formula is C7H6NO2S. The standard InChI is InChI=1S/C7H6NO2S/c8-7(10)4-1-2-6(11)5(9)3-4/h1-3,9H,(H2,8,10). The Bertz CT molecular complexity index is 298. The summed E-state index contributed by atoms with van der Waals surface area (Å²) in [5.41, 5.74) is 5.21. The zero-order valence-electron chi connectivity index (χ0n) is 5.57. The van der Waals surface area contributed by atoms with Gasteiger partial charge in [0, 0.05) is 5.56 Å². The number of primary amides is 1. The van der Waals surface area contributed by atoms with E-state index < -0.39 is 5.91 Å². The van der Waals surface area contributed by atoms with Crippen molar-refractivity contribution in [2.45, 2.75) is 4.90 Å². The number of benzene rings is 1. The minimum Gasteiger partial charge on any atom is -0.506 e. The lowest BCUT2D eigenvalue weighted by Crippen LogP contribution is -2.10. The Labute approximate surface area is 69.2 Å². The number of hydrogen-bond donors (Lipinski definition) is 2. The molecule has 0 aliphatic heterocycles. The molecule has 0 saturated carbocycles. The molecule has 0 heterocycles. The second kappa shape index (κ2) is 2.75. The maximum absolute atomic E-state index is 10.5. The van der Waals surface area contributed by atoms with Crippen molar-refractivity contribution < 1.29 is 9.90 Å². The first-order valence-corrected chi connectivity index (χ1v) is 3.32. The Morgan fingerprint density at radius 2 is 2.18 bits per heavy atom. The smallest absolute Gasteiger partial charge is 0.248 e. The molecule has 0 spiro atoms. The molecule has 0 saturated heterocycles. The van der Waals surface area contributed by atoms with Gasteiger partial charge in [0.05, 0.1) is 4.90 Å². The Kier molecular flexibility index (Phi) is 1.96. The molecular weight excluding hydrogens is 162 g/mol. The molecule has 1 aromatic rings. The number of aromatic hydroxyl groups is 1. The first-order valence-electron chi connectivity index (χ1n) is 2.91. The fourth-order valence-corrected chi connectivity index (χ4v) is 0.798. The van der Waals surface area contributed by atoms with Gasteiger partial charge in [-0.3, -0.25) is 4.79 Å². The topological polar surface area (TPSA) is 63.3 Å². The van der Waals surface area contributed by atoms with Gasteiger partial charge in [0.2, 0.25) is 5.91 Å². The van der Waals surface area contributed by atoms with E-state index in [9.17, 15) is 4.79 Å². The van der Waals surface area contributed by atoms with Gasteiger partial charge in [-0.25, -0.2) is 0 Å². The molecule has 0 aromatic heterocycles. The van der Waals surface area contributed by atoms with Crippen molar-refractivity contribution in [3.8, 4) is 5.75 Å². The quantitative estimate of drug-likeness (QED) is 0.658. The largest absolute Gasteiger partial charge is 0.506 e. The Morgan fingerprint density at radius 1 is 1.55 bits per heavy atom. The third-order valence-corrected chi connectivity index (χ3v) is 1.59. The molecule has 0 aliphatic carbocycles. The molecule has 0 aliphatic rings. The van der Waals surface area contributed by atoms with E-state index in [2.05, 4.69) is 0 Å². The highest BCUT2D eigenvalue weighted by Crippen LogP contribution is 2.21. The first-order chi connectivity index (χ1) is 5.11. The second-order valence-corrected chi connectivity index (χ2v) is 2.49. The summed E-state index contributed by atoms with van der Waals surface area (Å²) in [6, 6.07) is 4.19. The molecule has 3 N–H and O–H groups in total. The summed E-state index contributed by atoms with van der Waals surface area (Å²) in [5, 5.41) is 9.04. The summed E-state index contributed by atoms with van der Waals surface area (Å²) in [6.07, 6.45) is 0. The number of amides is 1. The van der Waals surface area contributed by atoms with Gasteiger partial charge >= 0.3 is 0 Å². The lowest BCUT2D eigenvalue weighted by atomic mass is 10.2. The minimum atomic E-state index is -0.574. The zero-order valence-corrected chi connectivity index (χ0v) is 6.39. The van der Waals surface area contributed by atoms with Crippen molar-refractivity contribution in [2.75, 3.05) is 0 Å². The monoisotopic (exact) mass is 168 g/mol. The molecule has 1 amide bonds. The average Bonchev–Trinajstić information content (AvgIpc) is 1.94. The highest BCUT2D eigenvalue weighted by Gasteiger charge is 2.03. The molecule has 3 nitrogen and oxygen atoms in total. The summed E-state index contributed by atoms with van der Waals surface area (Å²) in [6.45, 7) is 0. The van der Waals surface area contributed by atoms with E-state index >= 15 is 0 Å². The second-order valence-electron chi connectivity index (χ2n) is 2.05. The molecule has 1 aromatic carbocycles. The lowest BCUT2D eigenvalue weighted by Gasteiger charge is -1.97. The molecule has 0 unspecified atom stereocenters. The first kappa shape index (κ1) is 7.81. The number of phenols is 1. The van der Waals surface area contributed by atoms with Crippen LogP contribution in [0.15, 0.2) is 23.1 Å². The van der Waals surface area contributed by atoms with Crippen LogP contribution < -0.4 is 5.73 Å². The molecule has 11 heavy (non-hydrogen) atoms. The van der Waals surface area contributed by atoms with Crippen LogP contribution in [-0.2, 0) is 0 Å². The van der Waals surface area contributed by atoms with Crippen LogP contribution in [0.4, 0.5) is 0 Å². The van der Waals surface area contributed by atoms with Crippen LogP contribution in [-0.4, -0.2) is 11.0 Å². The minimum absolute atomic E-state index is 0.0868. The fourth-order valence-electron chi connectivity index (χ4n) is 0.671. The number of nitrogens with two attached hydrogens (primary N) is 1. The summed E-state index contributed by atoms with van der Waals surface area (Å²) < 4.78 is 0. The number of hydrogen-bond acceptors (Lipinski definition) is 2. The summed E-state index contributed by atoms with van der Waals surface area (Å²) in [5.74, 6) is -0.661. The maximum atomic E-state index is 10.5. The van der Waals surface area contributed by atoms with E-state index in [-0.39, 0.29) is 11.3 Å². The van der Waals surface area contributed by atoms with Crippen LogP contribution in [0.3, 0.4) is 0 Å². The van der Waals surface area contributed by atoms with Crippen LogP contribution in [0.5, 0.6) is 5.75 Å². The van der Waals surface area contributed by atoms with Crippen LogP contribution in [0.25, 0.3) is 0 Å². The van der Waals surface area contributed by atoms with Gasteiger partial charge in [-0.05, 0) is 18.2 Å². The highest BCUT2D eigenvalue weighted by molar-refractivity contribution is 7.80. The van der Waals surface area contributed by atoms with Gasteiger partial charge in [-0.1, -0.05) is 12.6 Å². The van der Waals surface area contributed by atoms with E-state index in [0.717, 1.165) is 0 Å². The van der Waals surface area contributed by atoms with E-state index in [4.69, 9.17) is 23.5 Å². The number of carbonyl (C=O) groups excluding carboxylic acids is 1. The van der Waals surface area contributed by atoms with Crippen molar-refractivity contribution in [1.29, 1.82) is 0 Å². The predicted octanol–water partition coefficient (Wildman–Crippen LogP) is 1.05. The lowest BCUT2D eigenvalue weighted by molar-refractivity contribution is 0.1000. The van der Waals surface area contributed by atoms with Gasteiger partial charge in [-0.2, -0.15) is 0 Å². The van der Waals surface area contributed by atoms with E-state index in [1.165, 1.54) is 18.2 Å². The van der Waals surface area contributed by atoms with Crippen LogP contribution in [0.2, 0.25) is 0 Å². The molecule has 0 fully saturated rings. The highest BCUT2D eigenvalue weighted by atomic mass is 32.1. The number of carbonyl (C=O) groups is 1. The zero-order chi connectivity index (χ0) is 8.43. The summed E-state index contributed by atoms with van der Waals surface area (Å²) in [4.78, 5) is 10.9. The van der Waals surface area contributed by atoms with E-state index in [1.54, 1.807) is 0 Å². The molecule has 4 heteroatoms. The van der Waals surface area contributed by atoms with Crippen molar-refractivity contribution >= 4 is 18.5 Å². The third-order valence-electron chi connectivity index (χ3n) is 1.24. The van der Waals surface area contributed by atoms with Gasteiger partial charge < -0.3 is 10.8 Å². The fraction of sp³-hybridized carbons (Fsp3) is 0. The van der Waals surface area contributed by atoms with Gasteiger partial charge in [0.25, 0.3) is 0 Å². The van der Waals surface area contributed by atoms with Crippen molar-refractivity contribution in [2.24, 2.45) is 5.73 Å². The summed E-state index contributed by atoms with van der Waals surface area (Å²) in [7, 11) is 0. The third kappa shape index (κ3) is 1.59. The van der Waals surface area contributed by atoms with Crippen molar-refractivity contribution in [1.82, 2.24) is 0 Å². The Balaban J connectivity index is 3.15.